The van der Waals surface area contributed by atoms with Crippen molar-refractivity contribution < 1.29 is 18.0 Å². The van der Waals surface area contributed by atoms with Crippen LogP contribution in [0, 0.1) is 0 Å². The van der Waals surface area contributed by atoms with Crippen molar-refractivity contribution in [1.82, 2.24) is 14.9 Å². The molecular weight excluding hydrogens is 443 g/mol. The Bertz CT molecular complexity index is 1180. The molecule has 1 aliphatic rings. The predicted molar refractivity (Wildman–Crippen MR) is 125 cm³/mol. The molecule has 0 aliphatic carbocycles. The van der Waals surface area contributed by atoms with E-state index in [0.29, 0.717) is 31.3 Å². The largest absolute Gasteiger partial charge is 0.416 e. The summed E-state index contributed by atoms with van der Waals surface area (Å²) in [4.78, 5) is 28.0. The molecule has 2 aromatic carbocycles. The van der Waals surface area contributed by atoms with Gasteiger partial charge in [0.2, 0.25) is 5.95 Å². The number of amides is 1. The van der Waals surface area contributed by atoms with Crippen molar-refractivity contribution in [1.29, 1.82) is 0 Å². The molecule has 0 atom stereocenters. The zero-order valence-electron chi connectivity index (χ0n) is 19.3. The zero-order chi connectivity index (χ0) is 24.5. The molecule has 178 valence electrons. The lowest BCUT2D eigenvalue weighted by Gasteiger charge is -2.32. The number of carbonyl (C=O) groups excluding carboxylic acids is 1. The number of carbonyl (C=O) groups is 1. The second kappa shape index (κ2) is 9.32. The molecule has 0 saturated heterocycles. The number of nitrogens with zero attached hydrogens (tertiary/aromatic N) is 5. The van der Waals surface area contributed by atoms with Crippen LogP contribution in [0.3, 0.4) is 0 Å². The first-order valence-electron chi connectivity index (χ1n) is 10.9. The van der Waals surface area contributed by atoms with Gasteiger partial charge in [-0.3, -0.25) is 4.79 Å². The van der Waals surface area contributed by atoms with E-state index in [-0.39, 0.29) is 12.1 Å². The van der Waals surface area contributed by atoms with E-state index >= 15 is 0 Å². The van der Waals surface area contributed by atoms with Gasteiger partial charge in [0.05, 0.1) is 17.8 Å². The van der Waals surface area contributed by atoms with E-state index in [4.69, 9.17) is 9.97 Å². The van der Waals surface area contributed by atoms with Crippen LogP contribution in [0.4, 0.5) is 24.9 Å². The average Bonchev–Trinajstić information content (AvgIpc) is 2.82. The predicted octanol–water partition coefficient (Wildman–Crippen LogP) is 4.40. The van der Waals surface area contributed by atoms with Gasteiger partial charge in [-0.05, 0) is 23.8 Å². The summed E-state index contributed by atoms with van der Waals surface area (Å²) < 4.78 is 39.3. The second-order valence-corrected chi connectivity index (χ2v) is 8.56. The Labute approximate surface area is 196 Å². The fourth-order valence-corrected chi connectivity index (χ4v) is 4.04. The van der Waals surface area contributed by atoms with Crippen molar-refractivity contribution in [2.45, 2.75) is 25.7 Å². The van der Waals surface area contributed by atoms with E-state index in [9.17, 15) is 18.0 Å². The first-order chi connectivity index (χ1) is 16.1. The maximum Gasteiger partial charge on any atom is 0.416 e. The van der Waals surface area contributed by atoms with Crippen molar-refractivity contribution in [2.75, 3.05) is 37.5 Å². The molecule has 1 amide bonds. The summed E-state index contributed by atoms with van der Waals surface area (Å²) >= 11 is 0. The van der Waals surface area contributed by atoms with Crippen molar-refractivity contribution >= 4 is 17.7 Å². The molecule has 0 spiro atoms. The van der Waals surface area contributed by atoms with Crippen LogP contribution in [-0.2, 0) is 25.7 Å². The van der Waals surface area contributed by atoms with Gasteiger partial charge in [-0.2, -0.15) is 18.2 Å². The van der Waals surface area contributed by atoms with Gasteiger partial charge in [-0.1, -0.05) is 36.4 Å². The summed E-state index contributed by atoms with van der Waals surface area (Å²) in [6.45, 7) is 1.25. The van der Waals surface area contributed by atoms with E-state index in [2.05, 4.69) is 0 Å². The van der Waals surface area contributed by atoms with Gasteiger partial charge in [0.15, 0.2) is 0 Å². The number of hydrogen-bond acceptors (Lipinski definition) is 5. The van der Waals surface area contributed by atoms with Gasteiger partial charge in [-0.15, -0.1) is 0 Å². The molecule has 0 unspecified atom stereocenters. The third kappa shape index (κ3) is 4.98. The third-order valence-electron chi connectivity index (χ3n) is 5.78. The van der Waals surface area contributed by atoms with Crippen LogP contribution in [0.1, 0.15) is 32.7 Å². The number of benzene rings is 2. The Morgan fingerprint density at radius 1 is 1.03 bits per heavy atom. The van der Waals surface area contributed by atoms with Gasteiger partial charge >= 0.3 is 6.18 Å². The van der Waals surface area contributed by atoms with Crippen LogP contribution in [0.25, 0.3) is 0 Å². The normalized spacial score (nSPS) is 13.4. The molecule has 34 heavy (non-hydrogen) atoms. The minimum absolute atomic E-state index is 0.0183. The first-order valence-corrected chi connectivity index (χ1v) is 10.9. The van der Waals surface area contributed by atoms with Crippen LogP contribution in [-0.4, -0.2) is 48.5 Å². The third-order valence-corrected chi connectivity index (χ3v) is 5.78. The lowest BCUT2D eigenvalue weighted by molar-refractivity contribution is -0.137. The quantitative estimate of drug-likeness (QED) is 0.555. The van der Waals surface area contributed by atoms with Crippen molar-refractivity contribution in [3.05, 3.63) is 82.5 Å². The average molecular weight is 470 g/mol. The summed E-state index contributed by atoms with van der Waals surface area (Å²) in [5, 5.41) is 0. The summed E-state index contributed by atoms with van der Waals surface area (Å²) in [6, 6.07) is 14.6. The fraction of sp³-hybridized carbons (Fsp3) is 0.320. The number of anilines is 2. The maximum atomic E-state index is 13.1. The van der Waals surface area contributed by atoms with Crippen LogP contribution in [0.15, 0.2) is 54.6 Å². The second-order valence-electron chi connectivity index (χ2n) is 8.56. The van der Waals surface area contributed by atoms with E-state index in [0.717, 1.165) is 29.0 Å². The number of halogens is 3. The van der Waals surface area contributed by atoms with Gasteiger partial charge in [0.1, 0.15) is 5.82 Å². The van der Waals surface area contributed by atoms with Crippen molar-refractivity contribution in [2.24, 2.45) is 0 Å². The molecule has 0 N–H and O–H groups in total. The van der Waals surface area contributed by atoms with Crippen molar-refractivity contribution in [3.63, 3.8) is 0 Å². The van der Waals surface area contributed by atoms with Crippen LogP contribution >= 0.6 is 0 Å². The smallest absolute Gasteiger partial charge is 0.362 e. The number of rotatable bonds is 5. The summed E-state index contributed by atoms with van der Waals surface area (Å²) in [6.07, 6.45) is -4.01. The highest BCUT2D eigenvalue weighted by Gasteiger charge is 2.32. The zero-order valence-corrected chi connectivity index (χ0v) is 19.3. The molecule has 0 radical (unpaired) electrons. The lowest BCUT2D eigenvalue weighted by atomic mass is 10.0. The van der Waals surface area contributed by atoms with Crippen molar-refractivity contribution in [3.8, 4) is 0 Å². The minimum Gasteiger partial charge on any atom is -0.362 e. The SMILES string of the molecule is CN(C)c1nc(N(C)Cc2ccccc2)nc2c1CN(C(=O)c1cccc(C(F)(F)F)c1)CC2. The molecule has 3 aromatic rings. The highest BCUT2D eigenvalue weighted by molar-refractivity contribution is 5.94. The molecule has 1 aromatic heterocycles. The monoisotopic (exact) mass is 469 g/mol. The molecular formula is C25H26F3N5O. The first kappa shape index (κ1) is 23.5. The highest BCUT2D eigenvalue weighted by atomic mass is 19.4. The number of aromatic nitrogens is 2. The molecule has 0 saturated carbocycles. The Kier molecular flexibility index (Phi) is 6.45. The van der Waals surface area contributed by atoms with Crippen LogP contribution < -0.4 is 9.80 Å². The Balaban J connectivity index is 1.59. The Hall–Kier alpha value is -3.62. The van der Waals surface area contributed by atoms with E-state index in [1.807, 2.05) is 61.3 Å². The molecule has 2 heterocycles. The Morgan fingerprint density at radius 3 is 2.44 bits per heavy atom. The summed E-state index contributed by atoms with van der Waals surface area (Å²) in [5.74, 6) is 0.845. The number of alkyl halides is 3. The molecule has 0 fully saturated rings. The van der Waals surface area contributed by atoms with E-state index in [1.54, 1.807) is 4.90 Å². The molecule has 6 nitrogen and oxygen atoms in total. The van der Waals surface area contributed by atoms with E-state index < -0.39 is 17.6 Å². The topological polar surface area (TPSA) is 52.6 Å². The molecule has 4 rings (SSSR count). The lowest BCUT2D eigenvalue weighted by Crippen LogP contribution is -2.38. The highest BCUT2D eigenvalue weighted by Crippen LogP contribution is 2.31. The standard InChI is InChI=1S/C25H26F3N5O/c1-31(2)22-20-16-33(23(34)18-10-7-11-19(14-18)25(26,27)28)13-12-21(20)29-24(30-22)32(3)15-17-8-5-4-6-9-17/h4-11,14H,12-13,15-16H2,1-3H3. The van der Waals surface area contributed by atoms with Gasteiger partial charge in [-0.25, -0.2) is 4.98 Å². The van der Waals surface area contributed by atoms with Gasteiger partial charge in [0, 0.05) is 51.8 Å². The van der Waals surface area contributed by atoms with E-state index in [1.165, 1.54) is 12.1 Å². The number of fused-ring (bicyclic) bond motifs is 1. The van der Waals surface area contributed by atoms with Crippen LogP contribution in [0.5, 0.6) is 0 Å². The summed E-state index contributed by atoms with van der Waals surface area (Å²) in [7, 11) is 5.68. The maximum absolute atomic E-state index is 13.1. The minimum atomic E-state index is -4.50. The Morgan fingerprint density at radius 2 is 1.76 bits per heavy atom. The fourth-order valence-electron chi connectivity index (χ4n) is 4.04. The molecule has 0 bridgehead atoms. The van der Waals surface area contributed by atoms with Gasteiger partial charge < -0.3 is 14.7 Å². The molecule has 9 heteroatoms. The van der Waals surface area contributed by atoms with Gasteiger partial charge in [0.25, 0.3) is 5.91 Å². The van der Waals surface area contributed by atoms with Crippen LogP contribution in [0.2, 0.25) is 0 Å². The molecule has 1 aliphatic heterocycles. The number of hydrogen-bond donors (Lipinski definition) is 0. The summed E-state index contributed by atoms with van der Waals surface area (Å²) in [5.41, 5.74) is 1.98.